The maximum absolute atomic E-state index is 12.6. The van der Waals surface area contributed by atoms with E-state index in [1.807, 2.05) is 17.0 Å². The second-order valence-corrected chi connectivity index (χ2v) is 7.53. The molecule has 7 nitrogen and oxygen atoms in total. The minimum absolute atomic E-state index is 0.00208. The molecule has 0 unspecified atom stereocenters. The van der Waals surface area contributed by atoms with E-state index in [0.29, 0.717) is 29.4 Å². The molecule has 7 heteroatoms. The highest BCUT2D eigenvalue weighted by atomic mass is 16.5. The molecule has 0 bridgehead atoms. The van der Waals surface area contributed by atoms with Crippen molar-refractivity contribution in [2.24, 2.45) is 0 Å². The second-order valence-electron chi connectivity index (χ2n) is 7.53. The van der Waals surface area contributed by atoms with E-state index in [1.54, 1.807) is 60.9 Å². The number of ether oxygens (including phenoxy) is 2. The Bertz CT molecular complexity index is 1050. The van der Waals surface area contributed by atoms with Gasteiger partial charge in [-0.3, -0.25) is 14.6 Å². The summed E-state index contributed by atoms with van der Waals surface area (Å²) in [4.78, 5) is 30.6. The van der Waals surface area contributed by atoms with Crippen LogP contribution in [0, 0.1) is 0 Å². The number of rotatable bonds is 8. The molecule has 1 aliphatic heterocycles. The highest BCUT2D eigenvalue weighted by molar-refractivity contribution is 6.04. The lowest BCUT2D eigenvalue weighted by molar-refractivity contribution is -0.132. The first kappa shape index (κ1) is 21.4. The van der Waals surface area contributed by atoms with Crippen molar-refractivity contribution in [3.05, 3.63) is 84.2 Å². The maximum atomic E-state index is 12.6. The molecule has 0 radical (unpaired) electrons. The van der Waals surface area contributed by atoms with Crippen molar-refractivity contribution in [3.8, 4) is 11.5 Å². The van der Waals surface area contributed by atoms with Crippen LogP contribution in [-0.4, -0.2) is 41.4 Å². The van der Waals surface area contributed by atoms with E-state index in [2.05, 4.69) is 10.3 Å². The molecule has 2 heterocycles. The van der Waals surface area contributed by atoms with Crippen LogP contribution in [0.3, 0.4) is 0 Å². The quantitative estimate of drug-likeness (QED) is 0.585. The van der Waals surface area contributed by atoms with Crippen LogP contribution < -0.4 is 14.8 Å². The van der Waals surface area contributed by atoms with Crippen molar-refractivity contribution in [3.63, 3.8) is 0 Å². The molecule has 0 aliphatic carbocycles. The van der Waals surface area contributed by atoms with Crippen LogP contribution in [0.5, 0.6) is 11.5 Å². The Balaban J connectivity index is 1.29. The number of hydrogen-bond donors (Lipinski definition) is 1. The van der Waals surface area contributed by atoms with Gasteiger partial charge in [0.25, 0.3) is 11.8 Å². The first-order valence-electron chi connectivity index (χ1n) is 10.6. The van der Waals surface area contributed by atoms with Gasteiger partial charge in [-0.2, -0.15) is 0 Å². The lowest BCUT2D eigenvalue weighted by Gasteiger charge is -2.15. The van der Waals surface area contributed by atoms with Gasteiger partial charge in [-0.05, 0) is 55.3 Å². The fraction of sp³-hybridized carbons (Fsp3) is 0.240. The molecule has 164 valence electrons. The third-order valence-electron chi connectivity index (χ3n) is 5.16. The minimum Gasteiger partial charge on any atom is -0.489 e. The summed E-state index contributed by atoms with van der Waals surface area (Å²) in [7, 11) is 0. The summed E-state index contributed by atoms with van der Waals surface area (Å²) in [6.45, 7) is 2.00. The number of anilines is 1. The van der Waals surface area contributed by atoms with Crippen LogP contribution in [-0.2, 0) is 11.4 Å². The number of nitrogens with zero attached hydrogens (tertiary/aromatic N) is 2. The Morgan fingerprint density at radius 2 is 1.75 bits per heavy atom. The smallest absolute Gasteiger partial charge is 0.260 e. The van der Waals surface area contributed by atoms with Gasteiger partial charge in [-0.15, -0.1) is 0 Å². The lowest BCUT2D eigenvalue weighted by Crippen LogP contribution is -2.32. The summed E-state index contributed by atoms with van der Waals surface area (Å²) >= 11 is 0. The molecule has 1 fully saturated rings. The monoisotopic (exact) mass is 431 g/mol. The minimum atomic E-state index is -0.242. The van der Waals surface area contributed by atoms with Crippen molar-refractivity contribution < 1.29 is 19.1 Å². The molecule has 1 aliphatic rings. The van der Waals surface area contributed by atoms with Gasteiger partial charge < -0.3 is 19.7 Å². The van der Waals surface area contributed by atoms with E-state index in [1.165, 1.54) is 0 Å². The van der Waals surface area contributed by atoms with E-state index >= 15 is 0 Å². The molecule has 1 saturated heterocycles. The van der Waals surface area contributed by atoms with E-state index < -0.39 is 0 Å². The molecule has 32 heavy (non-hydrogen) atoms. The van der Waals surface area contributed by atoms with Crippen molar-refractivity contribution >= 4 is 17.5 Å². The van der Waals surface area contributed by atoms with Gasteiger partial charge in [0.15, 0.2) is 6.61 Å². The summed E-state index contributed by atoms with van der Waals surface area (Å²) in [5.74, 6) is 0.954. The molecular formula is C25H25N3O4. The second kappa shape index (κ2) is 10.4. The zero-order chi connectivity index (χ0) is 22.2. The summed E-state index contributed by atoms with van der Waals surface area (Å²) in [5, 5.41) is 2.86. The van der Waals surface area contributed by atoms with Crippen LogP contribution in [0.1, 0.15) is 28.8 Å². The Morgan fingerprint density at radius 3 is 2.50 bits per heavy atom. The van der Waals surface area contributed by atoms with Gasteiger partial charge in [0.05, 0.1) is 0 Å². The molecule has 3 aromatic rings. The number of carbonyl (C=O) groups excluding carboxylic acids is 2. The van der Waals surface area contributed by atoms with Gasteiger partial charge in [0.2, 0.25) is 0 Å². The van der Waals surface area contributed by atoms with Crippen molar-refractivity contribution in [2.75, 3.05) is 25.0 Å². The maximum Gasteiger partial charge on any atom is 0.260 e. The number of carbonyl (C=O) groups is 2. The van der Waals surface area contributed by atoms with Crippen LogP contribution in [0.25, 0.3) is 0 Å². The first-order chi connectivity index (χ1) is 15.7. The zero-order valence-corrected chi connectivity index (χ0v) is 17.7. The number of nitrogens with one attached hydrogen (secondary N) is 1. The predicted octanol–water partition coefficient (Wildman–Crippen LogP) is 3.91. The number of likely N-dealkylation sites (tertiary alicyclic amines) is 1. The lowest BCUT2D eigenvalue weighted by atomic mass is 10.2. The Kier molecular flexibility index (Phi) is 6.97. The largest absolute Gasteiger partial charge is 0.489 e. The van der Waals surface area contributed by atoms with Gasteiger partial charge in [0, 0.05) is 48.4 Å². The van der Waals surface area contributed by atoms with Gasteiger partial charge in [0.1, 0.15) is 18.1 Å². The topological polar surface area (TPSA) is 80.8 Å². The van der Waals surface area contributed by atoms with Crippen LogP contribution in [0.4, 0.5) is 5.69 Å². The highest BCUT2D eigenvalue weighted by Crippen LogP contribution is 2.20. The van der Waals surface area contributed by atoms with Crippen LogP contribution in [0.2, 0.25) is 0 Å². The third kappa shape index (κ3) is 5.85. The summed E-state index contributed by atoms with van der Waals surface area (Å²) in [6.07, 6.45) is 5.56. The predicted molar refractivity (Wildman–Crippen MR) is 121 cm³/mol. The average Bonchev–Trinajstić information content (AvgIpc) is 3.38. The number of benzene rings is 2. The first-order valence-corrected chi connectivity index (χ1v) is 10.6. The number of hydrogen-bond acceptors (Lipinski definition) is 5. The molecule has 2 aromatic carbocycles. The van der Waals surface area contributed by atoms with E-state index in [-0.39, 0.29) is 18.4 Å². The fourth-order valence-electron chi connectivity index (χ4n) is 3.42. The fourth-order valence-corrected chi connectivity index (χ4v) is 3.42. The molecule has 1 N–H and O–H groups in total. The number of amides is 2. The summed E-state index contributed by atoms with van der Waals surface area (Å²) < 4.78 is 11.3. The highest BCUT2D eigenvalue weighted by Gasteiger charge is 2.18. The summed E-state index contributed by atoms with van der Waals surface area (Å²) in [5.41, 5.74) is 2.07. The third-order valence-corrected chi connectivity index (χ3v) is 5.16. The van der Waals surface area contributed by atoms with Crippen molar-refractivity contribution in [1.29, 1.82) is 0 Å². The van der Waals surface area contributed by atoms with E-state index in [9.17, 15) is 9.59 Å². The standard InChI is InChI=1S/C25H25N3O4/c29-24(28-13-1-2-14-28)18-32-23-7-3-6-21(15-23)27-25(30)20-8-10-22(11-9-20)31-17-19-5-4-12-26-16-19/h3-12,15-16H,1-2,13-14,17-18H2,(H,27,30). The Morgan fingerprint density at radius 1 is 0.938 bits per heavy atom. The Labute approximate surface area is 187 Å². The molecule has 2 amide bonds. The molecule has 0 atom stereocenters. The number of aromatic nitrogens is 1. The SMILES string of the molecule is O=C(Nc1cccc(OCC(=O)N2CCCC2)c1)c1ccc(OCc2cccnc2)cc1. The molecule has 0 saturated carbocycles. The normalized spacial score (nSPS) is 12.9. The average molecular weight is 431 g/mol. The van der Waals surface area contributed by atoms with E-state index in [4.69, 9.17) is 9.47 Å². The van der Waals surface area contributed by atoms with Crippen molar-refractivity contribution in [1.82, 2.24) is 9.88 Å². The molecule has 1 aromatic heterocycles. The molecule has 4 rings (SSSR count). The van der Waals surface area contributed by atoms with Crippen LogP contribution in [0.15, 0.2) is 73.1 Å². The van der Waals surface area contributed by atoms with Gasteiger partial charge in [-0.1, -0.05) is 12.1 Å². The van der Waals surface area contributed by atoms with Gasteiger partial charge >= 0.3 is 0 Å². The zero-order valence-electron chi connectivity index (χ0n) is 17.7. The number of pyridine rings is 1. The Hall–Kier alpha value is -3.87. The van der Waals surface area contributed by atoms with Gasteiger partial charge in [-0.25, -0.2) is 0 Å². The molecular weight excluding hydrogens is 406 g/mol. The van der Waals surface area contributed by atoms with E-state index in [0.717, 1.165) is 31.5 Å². The van der Waals surface area contributed by atoms with Crippen LogP contribution >= 0.6 is 0 Å². The summed E-state index contributed by atoms with van der Waals surface area (Å²) in [6, 6.07) is 17.8. The van der Waals surface area contributed by atoms with Crippen molar-refractivity contribution in [2.45, 2.75) is 19.4 Å². The molecule has 0 spiro atoms.